The molecule has 0 rings (SSSR count). The summed E-state index contributed by atoms with van der Waals surface area (Å²) in [5.74, 6) is -0.0724. The quantitative estimate of drug-likeness (QED) is 0.570. The molecule has 0 spiro atoms. The van der Waals surface area contributed by atoms with E-state index in [-0.39, 0.29) is 5.91 Å². The van der Waals surface area contributed by atoms with Crippen molar-refractivity contribution in [3.05, 3.63) is 0 Å². The molecule has 10 heavy (non-hydrogen) atoms. The van der Waals surface area contributed by atoms with Crippen LogP contribution in [0, 0.1) is 0 Å². The molecular formula is C7H15NO2. The number of amides is 1. The first-order valence-corrected chi connectivity index (χ1v) is 3.68. The molecule has 0 aliphatic heterocycles. The molecule has 0 aromatic carbocycles. The van der Waals surface area contributed by atoms with Gasteiger partial charge in [0.1, 0.15) is 6.23 Å². The van der Waals surface area contributed by atoms with Crippen molar-refractivity contribution in [2.24, 2.45) is 0 Å². The van der Waals surface area contributed by atoms with Gasteiger partial charge >= 0.3 is 0 Å². The molecular weight excluding hydrogens is 130 g/mol. The number of aliphatic hydroxyl groups excluding tert-OH is 1. The standard InChI is InChI=1S/C7H15NO2/c1-3-5-7(10)8-6(9)4-2/h6,9H,3-5H2,1-2H3,(H,8,10). The van der Waals surface area contributed by atoms with Crippen LogP contribution in [-0.2, 0) is 4.79 Å². The van der Waals surface area contributed by atoms with Crippen LogP contribution in [0.25, 0.3) is 0 Å². The average molecular weight is 145 g/mol. The minimum atomic E-state index is -0.668. The normalized spacial score (nSPS) is 12.7. The lowest BCUT2D eigenvalue weighted by atomic mass is 10.3. The lowest BCUT2D eigenvalue weighted by Crippen LogP contribution is -2.33. The highest BCUT2D eigenvalue weighted by Crippen LogP contribution is 1.89. The van der Waals surface area contributed by atoms with E-state index in [0.717, 1.165) is 6.42 Å². The third kappa shape index (κ3) is 4.32. The summed E-state index contributed by atoms with van der Waals surface area (Å²) in [6.45, 7) is 3.74. The highest BCUT2D eigenvalue weighted by atomic mass is 16.3. The van der Waals surface area contributed by atoms with Crippen molar-refractivity contribution in [2.75, 3.05) is 0 Å². The van der Waals surface area contributed by atoms with Crippen LogP contribution in [0.3, 0.4) is 0 Å². The van der Waals surface area contributed by atoms with Crippen LogP contribution in [0.5, 0.6) is 0 Å². The van der Waals surface area contributed by atoms with E-state index in [1.54, 1.807) is 0 Å². The van der Waals surface area contributed by atoms with Gasteiger partial charge in [0.05, 0.1) is 0 Å². The van der Waals surface area contributed by atoms with E-state index in [2.05, 4.69) is 5.32 Å². The molecule has 0 aliphatic rings. The largest absolute Gasteiger partial charge is 0.374 e. The molecule has 0 fully saturated rings. The molecule has 1 amide bonds. The van der Waals surface area contributed by atoms with Crippen LogP contribution >= 0.6 is 0 Å². The second-order valence-corrected chi connectivity index (χ2v) is 2.24. The maximum Gasteiger partial charge on any atom is 0.221 e. The average Bonchev–Trinajstić information content (AvgIpc) is 1.88. The Hall–Kier alpha value is -0.570. The van der Waals surface area contributed by atoms with Gasteiger partial charge in [-0.15, -0.1) is 0 Å². The van der Waals surface area contributed by atoms with Gasteiger partial charge in [-0.25, -0.2) is 0 Å². The zero-order chi connectivity index (χ0) is 7.98. The smallest absolute Gasteiger partial charge is 0.221 e. The third-order valence-electron chi connectivity index (χ3n) is 1.19. The molecule has 2 N–H and O–H groups in total. The van der Waals surface area contributed by atoms with Crippen LogP contribution in [0.2, 0.25) is 0 Å². The van der Waals surface area contributed by atoms with Crippen molar-refractivity contribution in [1.82, 2.24) is 5.32 Å². The van der Waals surface area contributed by atoms with Crippen molar-refractivity contribution in [2.45, 2.75) is 39.3 Å². The van der Waals surface area contributed by atoms with Gasteiger partial charge < -0.3 is 10.4 Å². The Morgan fingerprint density at radius 2 is 2.20 bits per heavy atom. The van der Waals surface area contributed by atoms with Crippen LogP contribution in [-0.4, -0.2) is 17.2 Å². The Morgan fingerprint density at radius 3 is 2.60 bits per heavy atom. The highest BCUT2D eigenvalue weighted by Gasteiger charge is 2.03. The van der Waals surface area contributed by atoms with Crippen LogP contribution in [0.15, 0.2) is 0 Å². The first-order valence-electron chi connectivity index (χ1n) is 3.68. The fourth-order valence-electron chi connectivity index (χ4n) is 0.587. The number of nitrogens with one attached hydrogen (secondary N) is 1. The molecule has 0 radical (unpaired) electrons. The molecule has 1 unspecified atom stereocenters. The predicted molar refractivity (Wildman–Crippen MR) is 39.3 cm³/mol. The first kappa shape index (κ1) is 9.43. The zero-order valence-corrected chi connectivity index (χ0v) is 6.55. The maximum atomic E-state index is 10.7. The Balaban J connectivity index is 3.37. The Bertz CT molecular complexity index is 104. The summed E-state index contributed by atoms with van der Waals surface area (Å²) in [5.41, 5.74) is 0. The molecule has 0 saturated carbocycles. The number of aliphatic hydroxyl groups is 1. The lowest BCUT2D eigenvalue weighted by Gasteiger charge is -2.08. The molecule has 0 saturated heterocycles. The van der Waals surface area contributed by atoms with Gasteiger partial charge in [-0.1, -0.05) is 13.8 Å². The molecule has 60 valence electrons. The number of carbonyl (C=O) groups excluding carboxylic acids is 1. The summed E-state index contributed by atoms with van der Waals surface area (Å²) in [7, 11) is 0. The van der Waals surface area contributed by atoms with Crippen molar-refractivity contribution in [3.8, 4) is 0 Å². The van der Waals surface area contributed by atoms with E-state index >= 15 is 0 Å². The maximum absolute atomic E-state index is 10.7. The Kier molecular flexibility index (Phi) is 4.94. The second kappa shape index (κ2) is 5.23. The van der Waals surface area contributed by atoms with Crippen LogP contribution in [0.4, 0.5) is 0 Å². The number of rotatable bonds is 4. The van der Waals surface area contributed by atoms with Gasteiger partial charge in [-0.05, 0) is 12.8 Å². The van der Waals surface area contributed by atoms with Gasteiger partial charge in [0.2, 0.25) is 5.91 Å². The van der Waals surface area contributed by atoms with E-state index < -0.39 is 6.23 Å². The van der Waals surface area contributed by atoms with Gasteiger partial charge in [-0.3, -0.25) is 4.79 Å². The Labute approximate surface area is 61.4 Å². The second-order valence-electron chi connectivity index (χ2n) is 2.24. The molecule has 0 heterocycles. The third-order valence-corrected chi connectivity index (χ3v) is 1.19. The number of hydrogen-bond donors (Lipinski definition) is 2. The topological polar surface area (TPSA) is 49.3 Å². The molecule has 3 heteroatoms. The van der Waals surface area contributed by atoms with E-state index in [0.29, 0.717) is 12.8 Å². The Morgan fingerprint density at radius 1 is 1.60 bits per heavy atom. The van der Waals surface area contributed by atoms with Crippen molar-refractivity contribution in [3.63, 3.8) is 0 Å². The summed E-state index contributed by atoms with van der Waals surface area (Å²) >= 11 is 0. The molecule has 0 aromatic rings. The highest BCUT2D eigenvalue weighted by molar-refractivity contribution is 5.75. The van der Waals surface area contributed by atoms with Crippen molar-refractivity contribution in [1.29, 1.82) is 0 Å². The monoisotopic (exact) mass is 145 g/mol. The first-order chi connectivity index (χ1) is 4.70. The van der Waals surface area contributed by atoms with E-state index in [1.807, 2.05) is 13.8 Å². The molecule has 0 aliphatic carbocycles. The van der Waals surface area contributed by atoms with Gasteiger partial charge in [-0.2, -0.15) is 0 Å². The minimum absolute atomic E-state index is 0.0724. The molecule has 0 bridgehead atoms. The van der Waals surface area contributed by atoms with Crippen LogP contribution < -0.4 is 5.32 Å². The van der Waals surface area contributed by atoms with Gasteiger partial charge in [0, 0.05) is 6.42 Å². The summed E-state index contributed by atoms with van der Waals surface area (Å²) in [6.07, 6.45) is 1.22. The fourth-order valence-corrected chi connectivity index (χ4v) is 0.587. The van der Waals surface area contributed by atoms with Gasteiger partial charge in [0.25, 0.3) is 0 Å². The van der Waals surface area contributed by atoms with E-state index in [1.165, 1.54) is 0 Å². The van der Waals surface area contributed by atoms with Crippen molar-refractivity contribution >= 4 is 5.91 Å². The van der Waals surface area contributed by atoms with Crippen LogP contribution in [0.1, 0.15) is 33.1 Å². The number of carbonyl (C=O) groups is 1. The van der Waals surface area contributed by atoms with Gasteiger partial charge in [0.15, 0.2) is 0 Å². The molecule has 1 atom stereocenters. The summed E-state index contributed by atoms with van der Waals surface area (Å²) in [5, 5.41) is 11.4. The minimum Gasteiger partial charge on any atom is -0.374 e. The zero-order valence-electron chi connectivity index (χ0n) is 6.55. The summed E-state index contributed by atoms with van der Waals surface area (Å²) in [4.78, 5) is 10.7. The molecule has 0 aromatic heterocycles. The lowest BCUT2D eigenvalue weighted by molar-refractivity contribution is -0.124. The molecule has 3 nitrogen and oxygen atoms in total. The fraction of sp³-hybridized carbons (Fsp3) is 0.857. The SMILES string of the molecule is CCCC(=O)NC(O)CC. The number of hydrogen-bond acceptors (Lipinski definition) is 2. The summed E-state index contributed by atoms with van der Waals surface area (Å²) in [6, 6.07) is 0. The summed E-state index contributed by atoms with van der Waals surface area (Å²) < 4.78 is 0. The predicted octanol–water partition coefficient (Wildman–Crippen LogP) is 0.631. The van der Waals surface area contributed by atoms with E-state index in [4.69, 9.17) is 5.11 Å². The van der Waals surface area contributed by atoms with E-state index in [9.17, 15) is 4.79 Å². The van der Waals surface area contributed by atoms with Crippen molar-refractivity contribution < 1.29 is 9.90 Å².